The SMILES string of the molecule is C=C/C=c1\c(=C/C)n(C(=O)C(=C)C)c2ccc(/C(=C/C)c3c(C=C)c(C=C)c(/C=C\C(C)C)n3C(=O)C(=C)C)cc12. The van der Waals surface area contributed by atoms with Crippen LogP contribution in [0.25, 0.3) is 46.9 Å². The van der Waals surface area contributed by atoms with E-state index in [2.05, 4.69) is 58.9 Å². The maximum Gasteiger partial charge on any atom is 0.257 e. The number of allylic oxidation sites excluding steroid dienone is 5. The quantitative estimate of drug-likeness (QED) is 0.256. The highest BCUT2D eigenvalue weighted by Gasteiger charge is 2.26. The number of aromatic nitrogens is 2. The molecule has 2 heterocycles. The maximum atomic E-state index is 13.7. The first-order chi connectivity index (χ1) is 19.5. The van der Waals surface area contributed by atoms with E-state index >= 15 is 0 Å². The van der Waals surface area contributed by atoms with E-state index in [0.717, 1.165) is 49.4 Å². The Bertz CT molecular complexity index is 1810. The van der Waals surface area contributed by atoms with Gasteiger partial charge in [0.15, 0.2) is 0 Å². The van der Waals surface area contributed by atoms with Gasteiger partial charge >= 0.3 is 0 Å². The predicted octanol–water partition coefficient (Wildman–Crippen LogP) is 8.05. The molecule has 0 unspecified atom stereocenters. The number of carbonyl (C=O) groups excluding carboxylic acids is 2. The van der Waals surface area contributed by atoms with Crippen molar-refractivity contribution in [1.29, 1.82) is 0 Å². The molecule has 210 valence electrons. The molecule has 1 aromatic carbocycles. The van der Waals surface area contributed by atoms with Gasteiger partial charge in [0.05, 0.1) is 22.3 Å². The number of carbonyl (C=O) groups is 2. The van der Waals surface area contributed by atoms with Crippen molar-refractivity contribution in [3.05, 3.63) is 119 Å². The molecule has 3 aromatic rings. The third-order valence-electron chi connectivity index (χ3n) is 6.93. The van der Waals surface area contributed by atoms with Crippen molar-refractivity contribution in [3.8, 4) is 0 Å². The largest absolute Gasteiger partial charge is 0.276 e. The zero-order valence-corrected chi connectivity index (χ0v) is 25.2. The van der Waals surface area contributed by atoms with Crippen molar-refractivity contribution in [3.63, 3.8) is 0 Å². The highest BCUT2D eigenvalue weighted by atomic mass is 16.2. The summed E-state index contributed by atoms with van der Waals surface area (Å²) in [5.74, 6) is -0.0927. The van der Waals surface area contributed by atoms with Gasteiger partial charge in [0.1, 0.15) is 0 Å². The number of benzene rings is 1. The lowest BCUT2D eigenvalue weighted by molar-refractivity contribution is 0.0948. The van der Waals surface area contributed by atoms with Gasteiger partial charge in [-0.15, -0.1) is 0 Å². The van der Waals surface area contributed by atoms with Crippen molar-refractivity contribution in [1.82, 2.24) is 9.13 Å². The van der Waals surface area contributed by atoms with Crippen LogP contribution in [0.2, 0.25) is 0 Å². The Labute approximate surface area is 243 Å². The van der Waals surface area contributed by atoms with Crippen molar-refractivity contribution < 1.29 is 9.59 Å². The summed E-state index contributed by atoms with van der Waals surface area (Å²) in [6.07, 6.45) is 15.1. The molecular weight excluding hydrogens is 504 g/mol. The van der Waals surface area contributed by atoms with E-state index in [1.807, 2.05) is 50.3 Å². The van der Waals surface area contributed by atoms with Gasteiger partial charge in [-0.2, -0.15) is 0 Å². The molecule has 2 aromatic heterocycles. The van der Waals surface area contributed by atoms with Gasteiger partial charge in [-0.3, -0.25) is 18.7 Å². The number of nitrogens with zero attached hydrogens (tertiary/aromatic N) is 2. The normalized spacial score (nSPS) is 12.9. The van der Waals surface area contributed by atoms with E-state index in [1.165, 1.54) is 0 Å². The van der Waals surface area contributed by atoms with E-state index in [9.17, 15) is 9.59 Å². The summed E-state index contributed by atoms with van der Waals surface area (Å²) in [7, 11) is 0. The van der Waals surface area contributed by atoms with Gasteiger partial charge in [-0.05, 0) is 57.4 Å². The maximum absolute atomic E-state index is 13.7. The molecule has 0 saturated carbocycles. The average Bonchev–Trinajstić information content (AvgIpc) is 3.42. The molecule has 0 aliphatic rings. The minimum absolute atomic E-state index is 0.169. The molecule has 0 amide bonds. The molecular formula is C37H40N2O2. The molecule has 3 rings (SSSR count). The van der Waals surface area contributed by atoms with Gasteiger partial charge in [-0.1, -0.05) is 95.3 Å². The van der Waals surface area contributed by atoms with E-state index in [-0.39, 0.29) is 17.7 Å². The summed E-state index contributed by atoms with van der Waals surface area (Å²) in [4.78, 5) is 26.9. The molecule has 4 heteroatoms. The molecule has 4 nitrogen and oxygen atoms in total. The fourth-order valence-electron chi connectivity index (χ4n) is 5.09. The first kappa shape index (κ1) is 30.8. The Morgan fingerprint density at radius 2 is 1.51 bits per heavy atom. The van der Waals surface area contributed by atoms with Crippen LogP contribution < -0.4 is 10.6 Å². The van der Waals surface area contributed by atoms with Crippen LogP contribution >= 0.6 is 0 Å². The summed E-state index contributed by atoms with van der Waals surface area (Å²) in [6, 6.07) is 5.98. The Kier molecular flexibility index (Phi) is 9.51. The lowest BCUT2D eigenvalue weighted by Crippen LogP contribution is -2.32. The van der Waals surface area contributed by atoms with Gasteiger partial charge in [-0.25, -0.2) is 0 Å². The fraction of sp³-hybridized carbons (Fsp3) is 0.189. The first-order valence-corrected chi connectivity index (χ1v) is 13.7. The summed E-state index contributed by atoms with van der Waals surface area (Å²) >= 11 is 0. The van der Waals surface area contributed by atoms with Gasteiger partial charge in [0, 0.05) is 38.5 Å². The molecule has 0 bridgehead atoms. The number of hydrogen-bond acceptors (Lipinski definition) is 2. The highest BCUT2D eigenvalue weighted by Crippen LogP contribution is 2.36. The molecule has 0 fully saturated rings. The molecule has 0 atom stereocenters. The van der Waals surface area contributed by atoms with Gasteiger partial charge < -0.3 is 0 Å². The lowest BCUT2D eigenvalue weighted by atomic mass is 9.96. The average molecular weight is 545 g/mol. The number of fused-ring (bicyclic) bond motifs is 1. The van der Waals surface area contributed by atoms with Crippen molar-refractivity contribution >= 4 is 58.7 Å². The summed E-state index contributed by atoms with van der Waals surface area (Å²) < 4.78 is 3.41. The van der Waals surface area contributed by atoms with Crippen LogP contribution in [0.5, 0.6) is 0 Å². The minimum atomic E-state index is -0.207. The summed E-state index contributed by atoms with van der Waals surface area (Å²) in [5, 5.41) is 2.54. The summed E-state index contributed by atoms with van der Waals surface area (Å²) in [6.45, 7) is 31.4. The fourth-order valence-corrected chi connectivity index (χ4v) is 5.09. The molecule has 0 N–H and O–H groups in total. The monoisotopic (exact) mass is 544 g/mol. The van der Waals surface area contributed by atoms with Crippen LogP contribution in [0.4, 0.5) is 0 Å². The van der Waals surface area contributed by atoms with E-state index in [1.54, 1.807) is 41.2 Å². The Morgan fingerprint density at radius 3 is 2.00 bits per heavy atom. The Hall–Kier alpha value is -4.70. The van der Waals surface area contributed by atoms with Crippen LogP contribution in [0.3, 0.4) is 0 Å². The molecule has 0 spiro atoms. The molecule has 0 radical (unpaired) electrons. The first-order valence-electron chi connectivity index (χ1n) is 13.7. The smallest absolute Gasteiger partial charge is 0.257 e. The zero-order chi connectivity index (χ0) is 30.6. The van der Waals surface area contributed by atoms with Crippen molar-refractivity contribution in [2.24, 2.45) is 5.92 Å². The van der Waals surface area contributed by atoms with Gasteiger partial charge in [0.2, 0.25) is 0 Å². The second kappa shape index (κ2) is 12.6. The van der Waals surface area contributed by atoms with Crippen LogP contribution in [0.15, 0.2) is 80.5 Å². The zero-order valence-electron chi connectivity index (χ0n) is 25.2. The molecule has 41 heavy (non-hydrogen) atoms. The van der Waals surface area contributed by atoms with Crippen molar-refractivity contribution in [2.75, 3.05) is 0 Å². The second-order valence-corrected chi connectivity index (χ2v) is 10.3. The lowest BCUT2D eigenvalue weighted by Gasteiger charge is -2.15. The number of rotatable bonds is 9. The van der Waals surface area contributed by atoms with Gasteiger partial charge in [0.25, 0.3) is 11.8 Å². The Balaban J connectivity index is 2.53. The molecule has 0 saturated heterocycles. The van der Waals surface area contributed by atoms with Crippen LogP contribution in [-0.2, 0) is 0 Å². The minimum Gasteiger partial charge on any atom is -0.276 e. The Morgan fingerprint density at radius 1 is 0.902 bits per heavy atom. The van der Waals surface area contributed by atoms with Crippen LogP contribution in [0.1, 0.15) is 79.2 Å². The number of hydrogen-bond donors (Lipinski definition) is 0. The standard InChI is InChI=1S/C37H40N2O2/c1-12-17-30-31-22-26(19-21-34(31)38(32(30)16-5)36(40)24(8)9)27(13-2)35-29(15-4)28(14-3)33(20-18-23(6)7)39(35)37(41)25(10)11/h12-23H,1,3-4,8,10H2,2,5-7,9,11H3/b20-18-,27-13-,30-17-,32-16+. The van der Waals surface area contributed by atoms with E-state index < -0.39 is 0 Å². The highest BCUT2D eigenvalue weighted by molar-refractivity contribution is 6.04. The molecule has 0 aliphatic heterocycles. The summed E-state index contributed by atoms with van der Waals surface area (Å²) in [5.41, 5.74) is 6.42. The third kappa shape index (κ3) is 5.51. The predicted molar refractivity (Wildman–Crippen MR) is 178 cm³/mol. The van der Waals surface area contributed by atoms with E-state index in [0.29, 0.717) is 16.8 Å². The topological polar surface area (TPSA) is 44.0 Å². The van der Waals surface area contributed by atoms with E-state index in [4.69, 9.17) is 0 Å². The van der Waals surface area contributed by atoms with Crippen molar-refractivity contribution in [2.45, 2.75) is 41.5 Å². The van der Waals surface area contributed by atoms with Crippen LogP contribution in [-0.4, -0.2) is 20.9 Å². The van der Waals surface area contributed by atoms with Crippen LogP contribution in [0, 0.1) is 5.92 Å². The third-order valence-corrected chi connectivity index (χ3v) is 6.93. The second-order valence-electron chi connectivity index (χ2n) is 10.3. The molecule has 0 aliphatic carbocycles.